The molecule has 6 nitrogen and oxygen atoms in total. The molecule has 1 saturated heterocycles. The number of nitro groups is 1. The zero-order valence-corrected chi connectivity index (χ0v) is 9.20. The summed E-state index contributed by atoms with van der Waals surface area (Å²) in [5.41, 5.74) is 6.09. The molecule has 0 bridgehead atoms. The predicted octanol–water partition coefficient (Wildman–Crippen LogP) is 0.906. The Morgan fingerprint density at radius 2 is 2.29 bits per heavy atom. The van der Waals surface area contributed by atoms with Gasteiger partial charge in [-0.05, 0) is 18.5 Å². The van der Waals surface area contributed by atoms with Gasteiger partial charge < -0.3 is 10.6 Å². The van der Waals surface area contributed by atoms with Gasteiger partial charge in [0.05, 0.1) is 10.6 Å². The number of nitrogens with zero attached hydrogens (tertiary/aromatic N) is 2. The van der Waals surface area contributed by atoms with Gasteiger partial charge in [0.15, 0.2) is 0 Å². The van der Waals surface area contributed by atoms with E-state index in [0.717, 1.165) is 0 Å². The Hall–Kier alpha value is -1.95. The second kappa shape index (κ2) is 4.50. The lowest BCUT2D eigenvalue weighted by Crippen LogP contribution is -2.25. The van der Waals surface area contributed by atoms with E-state index in [4.69, 9.17) is 5.73 Å². The fourth-order valence-corrected chi connectivity index (χ4v) is 1.96. The summed E-state index contributed by atoms with van der Waals surface area (Å²) in [6.07, 6.45) is 0.416. The van der Waals surface area contributed by atoms with E-state index in [9.17, 15) is 14.9 Å². The number of nitrogens with two attached hydrogens (primary N) is 1. The summed E-state index contributed by atoms with van der Waals surface area (Å²) in [6, 6.07) is 6.10. The minimum Gasteiger partial charge on any atom is -0.330 e. The first-order valence-electron chi connectivity index (χ1n) is 5.36. The molecule has 0 aromatic heterocycles. The molecular weight excluding hydrogens is 222 g/mol. The number of rotatable bonds is 3. The van der Waals surface area contributed by atoms with Crippen LogP contribution in [0, 0.1) is 16.0 Å². The molecule has 1 aliphatic rings. The molecule has 1 fully saturated rings. The van der Waals surface area contributed by atoms with Crippen LogP contribution in [-0.2, 0) is 4.79 Å². The molecule has 2 rings (SSSR count). The molecule has 0 aliphatic carbocycles. The van der Waals surface area contributed by atoms with Gasteiger partial charge in [-0.15, -0.1) is 0 Å². The van der Waals surface area contributed by atoms with Crippen LogP contribution in [-0.4, -0.2) is 23.9 Å². The third-order valence-electron chi connectivity index (χ3n) is 2.89. The predicted molar refractivity (Wildman–Crippen MR) is 62.6 cm³/mol. The second-order valence-electron chi connectivity index (χ2n) is 4.09. The van der Waals surface area contributed by atoms with E-state index < -0.39 is 4.92 Å². The Balaban J connectivity index is 2.25. The Labute approximate surface area is 98.2 Å². The molecule has 0 spiro atoms. The fourth-order valence-electron chi connectivity index (χ4n) is 1.96. The zero-order chi connectivity index (χ0) is 12.4. The quantitative estimate of drug-likeness (QED) is 0.622. The lowest BCUT2D eigenvalue weighted by Gasteiger charge is -2.16. The molecule has 17 heavy (non-hydrogen) atoms. The summed E-state index contributed by atoms with van der Waals surface area (Å²) >= 11 is 0. The molecular formula is C11H13N3O3. The number of amides is 1. The van der Waals surface area contributed by atoms with Crippen molar-refractivity contribution in [3.05, 3.63) is 34.4 Å². The average Bonchev–Trinajstić information content (AvgIpc) is 2.71. The van der Waals surface area contributed by atoms with Crippen LogP contribution in [0.4, 0.5) is 11.4 Å². The number of hydrogen-bond acceptors (Lipinski definition) is 4. The highest BCUT2D eigenvalue weighted by molar-refractivity contribution is 5.96. The van der Waals surface area contributed by atoms with Crippen LogP contribution in [0.15, 0.2) is 24.3 Å². The van der Waals surface area contributed by atoms with Gasteiger partial charge in [-0.1, -0.05) is 6.07 Å². The molecule has 0 radical (unpaired) electrons. The molecule has 1 unspecified atom stereocenters. The van der Waals surface area contributed by atoms with Gasteiger partial charge in [-0.2, -0.15) is 0 Å². The van der Waals surface area contributed by atoms with Crippen molar-refractivity contribution in [1.82, 2.24) is 0 Å². The summed E-state index contributed by atoms with van der Waals surface area (Å²) in [5, 5.41) is 10.7. The number of nitro benzene ring substituents is 1. The van der Waals surface area contributed by atoms with Crippen molar-refractivity contribution < 1.29 is 9.72 Å². The lowest BCUT2D eigenvalue weighted by molar-refractivity contribution is -0.384. The number of hydrogen-bond donors (Lipinski definition) is 1. The van der Waals surface area contributed by atoms with Crippen molar-refractivity contribution >= 4 is 17.3 Å². The molecule has 1 aromatic carbocycles. The van der Waals surface area contributed by atoms with E-state index in [1.54, 1.807) is 17.0 Å². The lowest BCUT2D eigenvalue weighted by atomic mass is 10.1. The van der Waals surface area contributed by atoms with Crippen molar-refractivity contribution in [2.75, 3.05) is 18.0 Å². The van der Waals surface area contributed by atoms with E-state index in [1.807, 2.05) is 0 Å². The van der Waals surface area contributed by atoms with Crippen LogP contribution < -0.4 is 10.6 Å². The van der Waals surface area contributed by atoms with Gasteiger partial charge >= 0.3 is 0 Å². The molecule has 1 heterocycles. The summed E-state index contributed by atoms with van der Waals surface area (Å²) in [7, 11) is 0. The van der Waals surface area contributed by atoms with Crippen LogP contribution in [0.5, 0.6) is 0 Å². The maximum absolute atomic E-state index is 11.7. The van der Waals surface area contributed by atoms with Crippen LogP contribution >= 0.6 is 0 Å². The minimum absolute atomic E-state index is 0.00787. The molecule has 1 atom stereocenters. The van der Waals surface area contributed by atoms with Crippen molar-refractivity contribution in [2.45, 2.75) is 6.42 Å². The minimum atomic E-state index is -0.468. The molecule has 6 heteroatoms. The third-order valence-corrected chi connectivity index (χ3v) is 2.89. The van der Waals surface area contributed by atoms with Crippen LogP contribution in [0.3, 0.4) is 0 Å². The first-order chi connectivity index (χ1) is 8.11. The smallest absolute Gasteiger partial charge is 0.271 e. The maximum atomic E-state index is 11.7. The molecule has 1 aromatic rings. The van der Waals surface area contributed by atoms with Crippen molar-refractivity contribution in [1.29, 1.82) is 0 Å². The highest BCUT2D eigenvalue weighted by atomic mass is 16.6. The molecule has 0 saturated carbocycles. The highest BCUT2D eigenvalue weighted by Gasteiger charge is 2.30. The average molecular weight is 235 g/mol. The number of carbonyl (C=O) groups excluding carboxylic acids is 1. The first kappa shape index (κ1) is 11.5. The van der Waals surface area contributed by atoms with E-state index in [-0.39, 0.29) is 17.5 Å². The SMILES string of the molecule is NCC1CC(=O)N(c2cccc([N+](=O)[O-])c2)C1. The second-order valence-corrected chi connectivity index (χ2v) is 4.09. The standard InChI is InChI=1S/C11H13N3O3/c12-6-8-4-11(15)13(7-8)9-2-1-3-10(5-9)14(16)17/h1-3,5,8H,4,6-7,12H2. The highest BCUT2D eigenvalue weighted by Crippen LogP contribution is 2.27. The van der Waals surface area contributed by atoms with Crippen molar-refractivity contribution in [3.63, 3.8) is 0 Å². The summed E-state index contributed by atoms with van der Waals surface area (Å²) in [4.78, 5) is 23.5. The number of carbonyl (C=O) groups is 1. The van der Waals surface area contributed by atoms with Gasteiger partial charge in [0, 0.05) is 25.1 Å². The molecule has 1 amide bonds. The summed E-state index contributed by atoms with van der Waals surface area (Å²) < 4.78 is 0. The topological polar surface area (TPSA) is 89.5 Å². The fraction of sp³-hybridized carbons (Fsp3) is 0.364. The van der Waals surface area contributed by atoms with E-state index >= 15 is 0 Å². The van der Waals surface area contributed by atoms with E-state index in [1.165, 1.54) is 12.1 Å². The zero-order valence-electron chi connectivity index (χ0n) is 9.20. The Morgan fingerprint density at radius 1 is 1.53 bits per heavy atom. The largest absolute Gasteiger partial charge is 0.330 e. The Bertz CT molecular complexity index is 461. The molecule has 1 aliphatic heterocycles. The monoisotopic (exact) mass is 235 g/mol. The summed E-state index contributed by atoms with van der Waals surface area (Å²) in [6.45, 7) is 0.994. The normalized spacial score (nSPS) is 19.7. The number of benzene rings is 1. The van der Waals surface area contributed by atoms with Crippen molar-refractivity contribution in [2.24, 2.45) is 11.7 Å². The van der Waals surface area contributed by atoms with Gasteiger partial charge in [-0.3, -0.25) is 14.9 Å². The van der Waals surface area contributed by atoms with Gasteiger partial charge in [-0.25, -0.2) is 0 Å². The third kappa shape index (κ3) is 2.26. The number of anilines is 1. The van der Waals surface area contributed by atoms with Crippen LogP contribution in [0.1, 0.15) is 6.42 Å². The van der Waals surface area contributed by atoms with Gasteiger partial charge in [0.1, 0.15) is 0 Å². The maximum Gasteiger partial charge on any atom is 0.271 e. The molecule has 2 N–H and O–H groups in total. The van der Waals surface area contributed by atoms with Gasteiger partial charge in [0.2, 0.25) is 5.91 Å². The summed E-state index contributed by atoms with van der Waals surface area (Å²) in [5.74, 6) is 0.114. The van der Waals surface area contributed by atoms with Crippen LogP contribution in [0.25, 0.3) is 0 Å². The molecule has 90 valence electrons. The van der Waals surface area contributed by atoms with E-state index in [2.05, 4.69) is 0 Å². The van der Waals surface area contributed by atoms with E-state index in [0.29, 0.717) is 25.2 Å². The Kier molecular flexibility index (Phi) is 3.06. The van der Waals surface area contributed by atoms with Gasteiger partial charge in [0.25, 0.3) is 5.69 Å². The number of non-ortho nitro benzene ring substituents is 1. The Morgan fingerprint density at radius 3 is 2.88 bits per heavy atom. The van der Waals surface area contributed by atoms with Crippen molar-refractivity contribution in [3.8, 4) is 0 Å². The first-order valence-corrected chi connectivity index (χ1v) is 5.36. The van der Waals surface area contributed by atoms with Crippen LogP contribution in [0.2, 0.25) is 0 Å².